The van der Waals surface area contributed by atoms with Crippen LogP contribution < -0.4 is 5.32 Å². The normalized spacial score (nSPS) is 20.9. The van der Waals surface area contributed by atoms with E-state index in [1.807, 2.05) is 14.0 Å². The van der Waals surface area contributed by atoms with E-state index >= 15 is 0 Å². The van der Waals surface area contributed by atoms with Crippen LogP contribution in [0, 0.1) is 6.92 Å². The second kappa shape index (κ2) is 5.52. The van der Waals surface area contributed by atoms with Gasteiger partial charge in [-0.25, -0.2) is 0 Å². The zero-order chi connectivity index (χ0) is 13.1. The zero-order valence-corrected chi connectivity index (χ0v) is 11.4. The summed E-state index contributed by atoms with van der Waals surface area (Å²) in [4.78, 5) is 14.3. The molecule has 1 aromatic rings. The monoisotopic (exact) mass is 250 g/mol. The summed E-state index contributed by atoms with van der Waals surface area (Å²) in [5.41, 5.74) is 1.00. The average molecular weight is 250 g/mol. The van der Waals surface area contributed by atoms with Gasteiger partial charge in [0.05, 0.1) is 6.20 Å². The number of likely N-dealkylation sites (tertiary alicyclic amines) is 1. The maximum Gasteiger partial charge on any atom is 0.227 e. The van der Waals surface area contributed by atoms with Crippen LogP contribution in [0.5, 0.6) is 0 Å². The van der Waals surface area contributed by atoms with Gasteiger partial charge >= 0.3 is 0 Å². The van der Waals surface area contributed by atoms with Crippen molar-refractivity contribution in [2.75, 3.05) is 18.9 Å². The van der Waals surface area contributed by atoms with Crippen molar-refractivity contribution in [3.63, 3.8) is 0 Å². The first-order valence-corrected chi connectivity index (χ1v) is 6.56. The van der Waals surface area contributed by atoms with Crippen LogP contribution in [0.4, 0.5) is 5.82 Å². The number of hydrogen-bond acceptors (Lipinski definition) is 3. The second-order valence-electron chi connectivity index (χ2n) is 5.18. The van der Waals surface area contributed by atoms with Crippen molar-refractivity contribution in [1.82, 2.24) is 14.7 Å². The molecule has 0 aliphatic carbocycles. The Hall–Kier alpha value is -1.36. The van der Waals surface area contributed by atoms with Crippen molar-refractivity contribution < 1.29 is 4.79 Å². The van der Waals surface area contributed by atoms with Crippen molar-refractivity contribution in [3.05, 3.63) is 11.8 Å². The molecule has 2 heterocycles. The van der Waals surface area contributed by atoms with Gasteiger partial charge in [-0.05, 0) is 33.4 Å². The summed E-state index contributed by atoms with van der Waals surface area (Å²) in [6.07, 6.45) is 5.93. The minimum absolute atomic E-state index is 0.0837. The summed E-state index contributed by atoms with van der Waals surface area (Å²) in [5, 5.41) is 7.08. The van der Waals surface area contributed by atoms with Crippen molar-refractivity contribution in [1.29, 1.82) is 0 Å². The molecule has 5 nitrogen and oxygen atoms in total. The summed E-state index contributed by atoms with van der Waals surface area (Å²) in [6, 6.07) is 0.382. The summed E-state index contributed by atoms with van der Waals surface area (Å²) >= 11 is 0. The third kappa shape index (κ3) is 2.90. The Morgan fingerprint density at radius 2 is 2.28 bits per heavy atom. The van der Waals surface area contributed by atoms with Gasteiger partial charge in [-0.2, -0.15) is 5.10 Å². The van der Waals surface area contributed by atoms with E-state index in [1.54, 1.807) is 10.9 Å². The molecule has 100 valence electrons. The fourth-order valence-electron chi connectivity index (χ4n) is 2.53. The number of nitrogens with one attached hydrogen (secondary N) is 1. The largest absolute Gasteiger partial charge is 0.311 e. The number of nitrogens with zero attached hydrogens (tertiary/aromatic N) is 3. The molecule has 5 heteroatoms. The molecule has 1 unspecified atom stereocenters. The Kier molecular flexibility index (Phi) is 4.01. The Bertz CT molecular complexity index is 407. The minimum Gasteiger partial charge on any atom is -0.311 e. The predicted octanol–water partition coefficient (Wildman–Crippen LogP) is 1.54. The van der Waals surface area contributed by atoms with Crippen molar-refractivity contribution in [3.8, 4) is 0 Å². The number of rotatable bonds is 3. The molecule has 0 spiro atoms. The lowest BCUT2D eigenvalue weighted by molar-refractivity contribution is -0.117. The van der Waals surface area contributed by atoms with E-state index in [-0.39, 0.29) is 5.91 Å². The SMILES string of the molecule is Cc1cnn(C)c1NC(=O)CC1CCCCN1C. The molecule has 1 aliphatic rings. The van der Waals surface area contributed by atoms with Crippen LogP contribution in [-0.2, 0) is 11.8 Å². The topological polar surface area (TPSA) is 50.2 Å². The Labute approximate surface area is 108 Å². The highest BCUT2D eigenvalue weighted by atomic mass is 16.1. The molecule has 0 radical (unpaired) electrons. The van der Waals surface area contributed by atoms with Gasteiger partial charge in [-0.3, -0.25) is 9.48 Å². The number of aryl methyl sites for hydroxylation is 2. The maximum atomic E-state index is 12.0. The lowest BCUT2D eigenvalue weighted by Crippen LogP contribution is -2.38. The van der Waals surface area contributed by atoms with Crippen molar-refractivity contribution in [2.24, 2.45) is 7.05 Å². The standard InChI is InChI=1S/C13H22N4O/c1-10-9-14-17(3)13(10)15-12(18)8-11-6-4-5-7-16(11)2/h9,11H,4-8H2,1-3H3,(H,15,18). The Morgan fingerprint density at radius 1 is 1.50 bits per heavy atom. The molecular formula is C13H22N4O. The van der Waals surface area contributed by atoms with Gasteiger partial charge in [0.2, 0.25) is 5.91 Å². The molecule has 1 fully saturated rings. The molecule has 2 rings (SSSR count). The summed E-state index contributed by atoms with van der Waals surface area (Å²) < 4.78 is 1.71. The van der Waals surface area contributed by atoms with Gasteiger partial charge in [-0.1, -0.05) is 6.42 Å². The number of piperidine rings is 1. The average Bonchev–Trinajstić information content (AvgIpc) is 2.64. The first-order chi connectivity index (χ1) is 8.58. The van der Waals surface area contributed by atoms with Gasteiger partial charge in [0.15, 0.2) is 0 Å². The number of carbonyl (C=O) groups is 1. The highest BCUT2D eigenvalue weighted by Crippen LogP contribution is 2.19. The zero-order valence-electron chi connectivity index (χ0n) is 11.4. The fraction of sp³-hybridized carbons (Fsp3) is 0.692. The van der Waals surface area contributed by atoms with Crippen LogP contribution in [-0.4, -0.2) is 40.2 Å². The maximum absolute atomic E-state index is 12.0. The number of anilines is 1. The van der Waals surface area contributed by atoms with Gasteiger partial charge in [0.25, 0.3) is 0 Å². The molecule has 1 atom stereocenters. The minimum atomic E-state index is 0.0837. The van der Waals surface area contributed by atoms with E-state index in [4.69, 9.17) is 0 Å². The molecular weight excluding hydrogens is 228 g/mol. The van der Waals surface area contributed by atoms with Crippen molar-refractivity contribution >= 4 is 11.7 Å². The Morgan fingerprint density at radius 3 is 2.89 bits per heavy atom. The third-order valence-electron chi connectivity index (χ3n) is 3.72. The molecule has 18 heavy (non-hydrogen) atoms. The Balaban J connectivity index is 1.92. The fourth-order valence-corrected chi connectivity index (χ4v) is 2.53. The van der Waals surface area contributed by atoms with Crippen LogP contribution in [0.3, 0.4) is 0 Å². The predicted molar refractivity (Wildman–Crippen MR) is 71.5 cm³/mol. The summed E-state index contributed by atoms with van der Waals surface area (Å²) in [7, 11) is 3.95. The van der Waals surface area contributed by atoms with E-state index in [2.05, 4.69) is 22.4 Å². The number of aromatic nitrogens is 2. The van der Waals surface area contributed by atoms with E-state index in [9.17, 15) is 4.79 Å². The molecule has 1 aromatic heterocycles. The molecule has 1 aliphatic heterocycles. The summed E-state index contributed by atoms with van der Waals surface area (Å²) in [6.45, 7) is 3.05. The third-order valence-corrected chi connectivity index (χ3v) is 3.72. The smallest absolute Gasteiger partial charge is 0.227 e. The van der Waals surface area contributed by atoms with E-state index < -0.39 is 0 Å². The molecule has 1 N–H and O–H groups in total. The van der Waals surface area contributed by atoms with Crippen LogP contribution in [0.15, 0.2) is 6.20 Å². The van der Waals surface area contributed by atoms with E-state index in [1.165, 1.54) is 12.8 Å². The number of amides is 1. The first-order valence-electron chi connectivity index (χ1n) is 6.56. The molecule has 0 bridgehead atoms. The van der Waals surface area contributed by atoms with Crippen LogP contribution >= 0.6 is 0 Å². The van der Waals surface area contributed by atoms with Crippen LogP contribution in [0.1, 0.15) is 31.2 Å². The quantitative estimate of drug-likeness (QED) is 0.885. The molecule has 1 amide bonds. The number of hydrogen-bond donors (Lipinski definition) is 1. The van der Waals surface area contributed by atoms with E-state index in [0.717, 1.165) is 24.3 Å². The highest BCUT2D eigenvalue weighted by molar-refractivity contribution is 5.90. The van der Waals surface area contributed by atoms with E-state index in [0.29, 0.717) is 12.5 Å². The van der Waals surface area contributed by atoms with Gasteiger partial charge in [0.1, 0.15) is 5.82 Å². The second-order valence-corrected chi connectivity index (χ2v) is 5.18. The van der Waals surface area contributed by atoms with Gasteiger partial charge in [-0.15, -0.1) is 0 Å². The molecule has 0 saturated carbocycles. The van der Waals surface area contributed by atoms with Crippen molar-refractivity contribution in [2.45, 2.75) is 38.6 Å². The van der Waals surface area contributed by atoms with Crippen LogP contribution in [0.2, 0.25) is 0 Å². The number of carbonyl (C=O) groups excluding carboxylic acids is 1. The molecule has 1 saturated heterocycles. The lowest BCUT2D eigenvalue weighted by atomic mass is 10.00. The molecule has 0 aromatic carbocycles. The first kappa shape index (κ1) is 13.1. The highest BCUT2D eigenvalue weighted by Gasteiger charge is 2.22. The van der Waals surface area contributed by atoms with Crippen LogP contribution in [0.25, 0.3) is 0 Å². The van der Waals surface area contributed by atoms with Gasteiger partial charge in [0, 0.05) is 25.1 Å². The lowest BCUT2D eigenvalue weighted by Gasteiger charge is -2.31. The summed E-state index contributed by atoms with van der Waals surface area (Å²) in [5.74, 6) is 0.888. The van der Waals surface area contributed by atoms with Gasteiger partial charge < -0.3 is 10.2 Å².